The fourth-order valence-electron chi connectivity index (χ4n) is 2.12. The van der Waals surface area contributed by atoms with Gasteiger partial charge in [-0.15, -0.1) is 0 Å². The zero-order valence-electron chi connectivity index (χ0n) is 14.8. The summed E-state index contributed by atoms with van der Waals surface area (Å²) in [6, 6.07) is 0. The van der Waals surface area contributed by atoms with E-state index in [0.717, 1.165) is 19.3 Å². The van der Waals surface area contributed by atoms with Gasteiger partial charge in [0.05, 0.1) is 0 Å². The van der Waals surface area contributed by atoms with Crippen molar-refractivity contribution in [2.24, 2.45) is 5.41 Å². The first-order chi connectivity index (χ1) is 9.80. The Morgan fingerprint density at radius 3 is 1.86 bits per heavy atom. The van der Waals surface area contributed by atoms with E-state index in [1.807, 2.05) is 0 Å². The van der Waals surface area contributed by atoms with Gasteiger partial charge in [0.1, 0.15) is 16.9 Å². The van der Waals surface area contributed by atoms with Gasteiger partial charge >= 0.3 is 12.1 Å². The van der Waals surface area contributed by atoms with Crippen LogP contribution in [-0.2, 0) is 14.3 Å². The molecule has 1 rings (SSSR count). The molecule has 1 amide bonds. The van der Waals surface area contributed by atoms with Crippen molar-refractivity contribution in [3.63, 3.8) is 0 Å². The van der Waals surface area contributed by atoms with Crippen molar-refractivity contribution in [2.75, 3.05) is 0 Å². The summed E-state index contributed by atoms with van der Waals surface area (Å²) in [6.45, 7) is 12.8. The highest BCUT2D eigenvalue weighted by atomic mass is 16.6. The summed E-state index contributed by atoms with van der Waals surface area (Å²) in [7, 11) is 0. The van der Waals surface area contributed by atoms with Gasteiger partial charge < -0.3 is 9.47 Å². The lowest BCUT2D eigenvalue weighted by atomic mass is 9.70. The number of hydrogen-bond donors (Lipinski definition) is 1. The molecule has 1 N–H and O–H groups in total. The molecule has 5 heteroatoms. The predicted octanol–water partition coefficient (Wildman–Crippen LogP) is 3.93. The molecule has 1 fully saturated rings. The molecule has 22 heavy (non-hydrogen) atoms. The third-order valence-corrected chi connectivity index (χ3v) is 3.24. The number of hydrogen-bond acceptors (Lipinski definition) is 4. The maximum Gasteiger partial charge on any atom is 0.412 e. The van der Waals surface area contributed by atoms with Gasteiger partial charge in [-0.2, -0.15) is 0 Å². The van der Waals surface area contributed by atoms with E-state index in [9.17, 15) is 9.59 Å². The molecular weight excluding hydrogens is 282 g/mol. The summed E-state index contributed by atoms with van der Waals surface area (Å²) in [4.78, 5) is 24.3. The van der Waals surface area contributed by atoms with Crippen LogP contribution in [0, 0.1) is 5.41 Å². The molecule has 5 nitrogen and oxygen atoms in total. The van der Waals surface area contributed by atoms with Crippen LogP contribution in [0.15, 0.2) is 11.8 Å². The van der Waals surface area contributed by atoms with Crippen LogP contribution in [0.3, 0.4) is 0 Å². The Kier molecular flexibility index (Phi) is 5.31. The quantitative estimate of drug-likeness (QED) is 0.633. The lowest BCUT2D eigenvalue weighted by molar-refractivity contribution is -0.150. The monoisotopic (exact) mass is 311 g/mol. The molecule has 0 aromatic carbocycles. The Balaban J connectivity index is 2.88. The summed E-state index contributed by atoms with van der Waals surface area (Å²) in [5.41, 5.74) is -1.15. The zero-order chi connectivity index (χ0) is 17.2. The first kappa shape index (κ1) is 18.5. The van der Waals surface area contributed by atoms with E-state index in [2.05, 4.69) is 12.2 Å². The molecule has 126 valence electrons. The highest BCUT2D eigenvalue weighted by molar-refractivity contribution is 5.92. The first-order valence-corrected chi connectivity index (χ1v) is 7.76. The van der Waals surface area contributed by atoms with Gasteiger partial charge in [-0.05, 0) is 65.9 Å². The standard InChI is InChI=1S/C17H29NO4/c1-15(2,3)21-13(19)12(11-17(7)9-8-10-17)18-14(20)22-16(4,5)6/h11H,8-10H2,1-7H3,(H,18,20). The highest BCUT2D eigenvalue weighted by Crippen LogP contribution is 2.42. The van der Waals surface area contributed by atoms with Crippen LogP contribution in [0.1, 0.15) is 67.7 Å². The molecule has 0 atom stereocenters. The minimum atomic E-state index is -0.646. The van der Waals surface area contributed by atoms with Crippen molar-refractivity contribution in [1.29, 1.82) is 0 Å². The largest absolute Gasteiger partial charge is 0.455 e. The molecule has 0 aromatic rings. The second kappa shape index (κ2) is 6.31. The van der Waals surface area contributed by atoms with Crippen molar-refractivity contribution in [2.45, 2.75) is 78.9 Å². The average molecular weight is 311 g/mol. The summed E-state index contributed by atoms with van der Waals surface area (Å²) < 4.78 is 10.6. The molecule has 0 aromatic heterocycles. The molecule has 1 saturated carbocycles. The normalized spacial score (nSPS) is 18.2. The molecular formula is C17H29NO4. The minimum absolute atomic E-state index is 0.0682. The number of amides is 1. The lowest BCUT2D eigenvalue weighted by Gasteiger charge is -2.36. The number of alkyl carbamates (subject to hydrolysis) is 1. The zero-order valence-corrected chi connectivity index (χ0v) is 14.8. The Bertz CT molecular complexity index is 462. The molecule has 0 heterocycles. The van der Waals surface area contributed by atoms with Crippen molar-refractivity contribution in [3.05, 3.63) is 11.8 Å². The van der Waals surface area contributed by atoms with Gasteiger partial charge in [0.2, 0.25) is 0 Å². The number of allylic oxidation sites excluding steroid dienone is 1. The number of ether oxygens (including phenoxy) is 2. The predicted molar refractivity (Wildman–Crippen MR) is 85.3 cm³/mol. The Morgan fingerprint density at radius 2 is 1.50 bits per heavy atom. The Labute approximate surface area is 133 Å². The molecule has 0 radical (unpaired) electrons. The molecule has 1 aliphatic rings. The molecule has 0 saturated heterocycles. The van der Waals surface area contributed by atoms with E-state index >= 15 is 0 Å². The number of carbonyl (C=O) groups excluding carboxylic acids is 2. The van der Waals surface area contributed by atoms with Crippen LogP contribution in [0.5, 0.6) is 0 Å². The van der Waals surface area contributed by atoms with Gasteiger partial charge in [0.15, 0.2) is 0 Å². The van der Waals surface area contributed by atoms with Gasteiger partial charge in [-0.1, -0.05) is 13.3 Å². The Hall–Kier alpha value is -1.52. The van der Waals surface area contributed by atoms with E-state index in [0.29, 0.717) is 0 Å². The highest BCUT2D eigenvalue weighted by Gasteiger charge is 2.33. The van der Waals surface area contributed by atoms with Gasteiger partial charge in [0.25, 0.3) is 0 Å². The summed E-state index contributed by atoms with van der Waals surface area (Å²) in [5.74, 6) is -0.536. The van der Waals surface area contributed by atoms with E-state index in [1.165, 1.54) is 0 Å². The van der Waals surface area contributed by atoms with Crippen molar-refractivity contribution in [1.82, 2.24) is 5.32 Å². The van der Waals surface area contributed by atoms with Crippen LogP contribution in [0.4, 0.5) is 4.79 Å². The lowest BCUT2D eigenvalue weighted by Crippen LogP contribution is -2.38. The molecule has 0 unspecified atom stereocenters. The first-order valence-electron chi connectivity index (χ1n) is 7.76. The third-order valence-electron chi connectivity index (χ3n) is 3.24. The second-order valence-corrected chi connectivity index (χ2v) is 8.19. The van der Waals surface area contributed by atoms with Crippen LogP contribution in [0.2, 0.25) is 0 Å². The second-order valence-electron chi connectivity index (χ2n) is 8.19. The smallest absolute Gasteiger partial charge is 0.412 e. The van der Waals surface area contributed by atoms with Crippen LogP contribution in [0.25, 0.3) is 0 Å². The number of nitrogens with one attached hydrogen (secondary N) is 1. The van der Waals surface area contributed by atoms with E-state index < -0.39 is 23.3 Å². The van der Waals surface area contributed by atoms with Crippen molar-refractivity contribution in [3.8, 4) is 0 Å². The SMILES string of the molecule is CC1(C=C(NC(=O)OC(C)(C)C)C(=O)OC(C)(C)C)CCC1. The maximum atomic E-state index is 12.3. The average Bonchev–Trinajstić information content (AvgIpc) is 2.20. The number of esters is 1. The topological polar surface area (TPSA) is 64.6 Å². The van der Waals surface area contributed by atoms with Crippen molar-refractivity contribution < 1.29 is 19.1 Å². The summed E-state index contributed by atoms with van der Waals surface area (Å²) in [5, 5.41) is 2.55. The van der Waals surface area contributed by atoms with Crippen molar-refractivity contribution >= 4 is 12.1 Å². The van der Waals surface area contributed by atoms with Crippen LogP contribution < -0.4 is 5.32 Å². The maximum absolute atomic E-state index is 12.3. The third kappa shape index (κ3) is 6.50. The molecule has 0 bridgehead atoms. The minimum Gasteiger partial charge on any atom is -0.455 e. The van der Waals surface area contributed by atoms with Gasteiger partial charge in [0, 0.05) is 0 Å². The number of carbonyl (C=O) groups is 2. The van der Waals surface area contributed by atoms with Crippen LogP contribution >= 0.6 is 0 Å². The molecule has 1 aliphatic carbocycles. The Morgan fingerprint density at radius 1 is 1.00 bits per heavy atom. The molecule has 0 aliphatic heterocycles. The fraction of sp³-hybridized carbons (Fsp3) is 0.765. The number of rotatable bonds is 3. The van der Waals surface area contributed by atoms with Gasteiger partial charge in [-0.3, -0.25) is 5.32 Å². The van der Waals surface area contributed by atoms with Crippen LogP contribution in [-0.4, -0.2) is 23.3 Å². The van der Waals surface area contributed by atoms with Gasteiger partial charge in [-0.25, -0.2) is 9.59 Å². The fourth-order valence-corrected chi connectivity index (χ4v) is 2.12. The van der Waals surface area contributed by atoms with E-state index in [4.69, 9.17) is 9.47 Å². The van der Waals surface area contributed by atoms with E-state index in [-0.39, 0.29) is 11.1 Å². The molecule has 0 spiro atoms. The summed E-state index contributed by atoms with van der Waals surface area (Å²) >= 11 is 0. The van der Waals surface area contributed by atoms with E-state index in [1.54, 1.807) is 47.6 Å². The summed E-state index contributed by atoms with van der Waals surface area (Å²) in [6.07, 6.45) is 4.27.